The molecule has 0 aliphatic carbocycles. The summed E-state index contributed by atoms with van der Waals surface area (Å²) < 4.78 is 31.9. The van der Waals surface area contributed by atoms with E-state index < -0.39 is 17.6 Å². The Bertz CT molecular complexity index is 281. The van der Waals surface area contributed by atoms with Crippen LogP contribution in [0, 0.1) is 0 Å². The first-order chi connectivity index (χ1) is 13.1. The number of unbranched alkanes of at least 4 members (excludes halogenated alkanes) is 4. The molecule has 0 N–H and O–H groups in total. The van der Waals surface area contributed by atoms with E-state index in [1.54, 1.807) is 0 Å². The molecule has 0 aromatic carbocycles. The minimum Gasteiger partial charge on any atom is -0.374 e. The van der Waals surface area contributed by atoms with Gasteiger partial charge >= 0.3 is 17.6 Å². The van der Waals surface area contributed by atoms with Gasteiger partial charge in [-0.2, -0.15) is 0 Å². The van der Waals surface area contributed by atoms with E-state index in [1.165, 1.54) is 0 Å². The van der Waals surface area contributed by atoms with Crippen LogP contribution in [0.15, 0.2) is 0 Å². The van der Waals surface area contributed by atoms with Gasteiger partial charge in [-0.25, -0.2) is 0 Å². The highest BCUT2D eigenvalue weighted by molar-refractivity contribution is 6.75. The van der Waals surface area contributed by atoms with Crippen molar-refractivity contribution in [2.24, 2.45) is 0 Å². The molecule has 0 aliphatic rings. The fourth-order valence-electron chi connectivity index (χ4n) is 2.48. The van der Waals surface area contributed by atoms with E-state index in [-0.39, 0.29) is 0 Å². The first-order valence-electron chi connectivity index (χ1n) is 11.3. The van der Waals surface area contributed by atoms with Gasteiger partial charge in [-0.15, -0.1) is 0 Å². The Morgan fingerprint density at radius 1 is 0.444 bits per heavy atom. The molecular formula is C20H46O5Si2. The van der Waals surface area contributed by atoms with Crippen molar-refractivity contribution in [2.45, 2.75) is 105 Å². The maximum Gasteiger partial charge on any atom is 0.493 e. The molecule has 7 heteroatoms. The maximum absolute atomic E-state index is 6.70. The Hall–Kier alpha value is 0.234. The number of hydrogen-bond donors (Lipinski definition) is 0. The van der Waals surface area contributed by atoms with Gasteiger partial charge in [0.15, 0.2) is 0 Å². The van der Waals surface area contributed by atoms with Gasteiger partial charge in [0.05, 0.1) is 0 Å². The summed E-state index contributed by atoms with van der Waals surface area (Å²) >= 11 is 0. The van der Waals surface area contributed by atoms with Crippen LogP contribution in [0.5, 0.6) is 0 Å². The predicted molar refractivity (Wildman–Crippen MR) is 117 cm³/mol. The molecule has 0 atom stereocenters. The van der Waals surface area contributed by atoms with Crippen LogP contribution in [0.3, 0.4) is 0 Å². The minimum atomic E-state index is -2.81. The molecule has 0 unspecified atom stereocenters. The standard InChI is InChI=1S/C20H46O5Si2/c1-7-13-17-21-26(11-5,22-18-14-8-2)25-27(12-6,23-19-15-9-3)24-20-16-10-4/h7-20H2,1-6H3. The van der Waals surface area contributed by atoms with Crippen molar-refractivity contribution in [1.29, 1.82) is 0 Å². The zero-order valence-electron chi connectivity index (χ0n) is 18.9. The van der Waals surface area contributed by atoms with Gasteiger partial charge in [0.2, 0.25) is 0 Å². The van der Waals surface area contributed by atoms with Gasteiger partial charge in [-0.1, -0.05) is 67.2 Å². The Morgan fingerprint density at radius 2 is 0.704 bits per heavy atom. The van der Waals surface area contributed by atoms with E-state index in [0.29, 0.717) is 26.4 Å². The predicted octanol–water partition coefficient (Wildman–Crippen LogP) is 6.19. The van der Waals surface area contributed by atoms with Crippen LogP contribution < -0.4 is 0 Å². The Morgan fingerprint density at radius 3 is 0.889 bits per heavy atom. The third-order valence-electron chi connectivity index (χ3n) is 4.46. The third kappa shape index (κ3) is 11.7. The molecule has 0 aromatic heterocycles. The van der Waals surface area contributed by atoms with Gasteiger partial charge in [0.25, 0.3) is 0 Å². The molecule has 27 heavy (non-hydrogen) atoms. The molecule has 5 nitrogen and oxygen atoms in total. The highest BCUT2D eigenvalue weighted by Crippen LogP contribution is 2.27. The van der Waals surface area contributed by atoms with Crippen molar-refractivity contribution < 1.29 is 21.8 Å². The van der Waals surface area contributed by atoms with Gasteiger partial charge < -0.3 is 21.8 Å². The van der Waals surface area contributed by atoms with E-state index in [2.05, 4.69) is 41.5 Å². The van der Waals surface area contributed by atoms with Crippen molar-refractivity contribution in [3.05, 3.63) is 0 Å². The Kier molecular flexibility index (Phi) is 17.3. The smallest absolute Gasteiger partial charge is 0.374 e. The lowest BCUT2D eigenvalue weighted by Crippen LogP contribution is -2.58. The van der Waals surface area contributed by atoms with Crippen molar-refractivity contribution >= 4 is 17.6 Å². The van der Waals surface area contributed by atoms with Crippen LogP contribution >= 0.6 is 0 Å². The quantitative estimate of drug-likeness (QED) is 0.173. The van der Waals surface area contributed by atoms with E-state index in [1.807, 2.05) is 0 Å². The van der Waals surface area contributed by atoms with Crippen LogP contribution in [0.25, 0.3) is 0 Å². The summed E-state index contributed by atoms with van der Waals surface area (Å²) in [5.74, 6) is 0. The second-order valence-electron chi connectivity index (χ2n) is 6.98. The van der Waals surface area contributed by atoms with Crippen LogP contribution in [0.1, 0.15) is 92.9 Å². The molecule has 0 radical (unpaired) electrons. The summed E-state index contributed by atoms with van der Waals surface area (Å²) in [5.41, 5.74) is 0. The zero-order valence-corrected chi connectivity index (χ0v) is 20.9. The second-order valence-corrected chi connectivity index (χ2v) is 13.1. The normalized spacial score (nSPS) is 12.7. The Labute approximate surface area is 171 Å². The summed E-state index contributed by atoms with van der Waals surface area (Å²) in [4.78, 5) is 0. The summed E-state index contributed by atoms with van der Waals surface area (Å²) in [6.07, 6.45) is 8.46. The second kappa shape index (κ2) is 17.1. The maximum atomic E-state index is 6.70. The zero-order chi connectivity index (χ0) is 20.4. The van der Waals surface area contributed by atoms with Crippen molar-refractivity contribution in [3.8, 4) is 0 Å². The van der Waals surface area contributed by atoms with E-state index in [4.69, 9.17) is 21.8 Å². The van der Waals surface area contributed by atoms with E-state index in [0.717, 1.165) is 63.5 Å². The highest BCUT2D eigenvalue weighted by atomic mass is 28.5. The fraction of sp³-hybridized carbons (Fsp3) is 1.00. The van der Waals surface area contributed by atoms with E-state index >= 15 is 0 Å². The van der Waals surface area contributed by atoms with Gasteiger partial charge in [-0.05, 0) is 25.7 Å². The van der Waals surface area contributed by atoms with Gasteiger partial charge in [0.1, 0.15) is 0 Å². The van der Waals surface area contributed by atoms with Crippen molar-refractivity contribution in [1.82, 2.24) is 0 Å². The molecule has 0 aromatic rings. The lowest BCUT2D eigenvalue weighted by atomic mass is 10.4. The molecule has 0 amide bonds. The molecule has 0 spiro atoms. The average molecular weight is 423 g/mol. The summed E-state index contributed by atoms with van der Waals surface area (Å²) in [7, 11) is -5.62. The van der Waals surface area contributed by atoms with Crippen LogP contribution in [-0.2, 0) is 21.8 Å². The molecule has 0 rings (SSSR count). The summed E-state index contributed by atoms with van der Waals surface area (Å²) in [5, 5.41) is 0. The van der Waals surface area contributed by atoms with Crippen molar-refractivity contribution in [2.75, 3.05) is 26.4 Å². The monoisotopic (exact) mass is 422 g/mol. The molecule has 0 fully saturated rings. The lowest BCUT2D eigenvalue weighted by Gasteiger charge is -2.38. The van der Waals surface area contributed by atoms with Gasteiger partial charge in [0, 0.05) is 38.5 Å². The molecule has 164 valence electrons. The number of hydrogen-bond acceptors (Lipinski definition) is 5. The molecule has 0 saturated heterocycles. The third-order valence-corrected chi connectivity index (χ3v) is 11.3. The summed E-state index contributed by atoms with van der Waals surface area (Å²) in [6, 6.07) is 1.51. The molecule has 0 heterocycles. The summed E-state index contributed by atoms with van der Waals surface area (Å²) in [6.45, 7) is 15.6. The average Bonchev–Trinajstić information content (AvgIpc) is 2.68. The fourth-order valence-corrected chi connectivity index (χ4v) is 9.28. The molecular weight excluding hydrogens is 376 g/mol. The van der Waals surface area contributed by atoms with Crippen LogP contribution in [0.2, 0.25) is 12.1 Å². The molecule has 0 aliphatic heterocycles. The Balaban J connectivity index is 5.33. The largest absolute Gasteiger partial charge is 0.493 e. The van der Waals surface area contributed by atoms with Crippen LogP contribution in [0.4, 0.5) is 0 Å². The van der Waals surface area contributed by atoms with Gasteiger partial charge in [-0.3, -0.25) is 0 Å². The van der Waals surface area contributed by atoms with E-state index in [9.17, 15) is 0 Å². The minimum absolute atomic E-state index is 0.681. The topological polar surface area (TPSA) is 46.2 Å². The van der Waals surface area contributed by atoms with Crippen molar-refractivity contribution in [3.63, 3.8) is 0 Å². The van der Waals surface area contributed by atoms with Crippen LogP contribution in [-0.4, -0.2) is 44.0 Å². The first kappa shape index (κ1) is 27.2. The SMILES string of the molecule is CCCCO[Si](CC)(OCCCC)O[Si](CC)(OCCCC)OCCCC. The molecule has 0 saturated carbocycles. The number of rotatable bonds is 20. The highest BCUT2D eigenvalue weighted by Gasteiger charge is 2.52. The first-order valence-corrected chi connectivity index (χ1v) is 15.2. The lowest BCUT2D eigenvalue weighted by molar-refractivity contribution is 0.0398. The molecule has 0 bridgehead atoms.